The van der Waals surface area contributed by atoms with Gasteiger partial charge in [0.15, 0.2) is 11.5 Å². The van der Waals surface area contributed by atoms with Crippen molar-refractivity contribution in [2.75, 3.05) is 26.6 Å². The summed E-state index contributed by atoms with van der Waals surface area (Å²) in [6.07, 6.45) is 0. The van der Waals surface area contributed by atoms with Crippen molar-refractivity contribution in [2.24, 2.45) is 0 Å². The highest BCUT2D eigenvalue weighted by Gasteiger charge is 2.29. The van der Waals surface area contributed by atoms with E-state index in [1.807, 2.05) is 6.07 Å². The second kappa shape index (κ2) is 8.01. The maximum Gasteiger partial charge on any atom is 0.260 e. The number of ether oxygens (including phenoxy) is 3. The number of benzene rings is 1. The number of nitrogens with one attached hydrogen (secondary N) is 1. The highest BCUT2D eigenvalue weighted by molar-refractivity contribution is 9.11. The molecule has 1 N–H and O–H groups in total. The molecule has 2 rings (SSSR count). The lowest BCUT2D eigenvalue weighted by atomic mass is 10.1. The zero-order valence-electron chi connectivity index (χ0n) is 14.7. The summed E-state index contributed by atoms with van der Waals surface area (Å²) in [7, 11) is 4.36. The number of hydrogen-bond acceptors (Lipinski definition) is 6. The predicted octanol–water partition coefficient (Wildman–Crippen LogP) is 4.57. The molecule has 1 heterocycles. The van der Waals surface area contributed by atoms with Crippen LogP contribution in [0.2, 0.25) is 0 Å². The smallest absolute Gasteiger partial charge is 0.260 e. The van der Waals surface area contributed by atoms with Crippen molar-refractivity contribution >= 4 is 43.7 Å². The highest BCUT2D eigenvalue weighted by Crippen LogP contribution is 2.50. The minimum absolute atomic E-state index is 0.0834. The first-order chi connectivity index (χ1) is 12.3. The van der Waals surface area contributed by atoms with Gasteiger partial charge in [0.05, 0.1) is 35.8 Å². The molecule has 0 aliphatic carbocycles. The van der Waals surface area contributed by atoms with E-state index in [0.29, 0.717) is 37.5 Å². The summed E-state index contributed by atoms with van der Waals surface area (Å²) in [5.41, 5.74) is 1.15. The number of halogens is 2. The molecule has 7 nitrogen and oxygen atoms in total. The number of amides is 1. The van der Waals surface area contributed by atoms with E-state index in [0.717, 1.165) is 0 Å². The van der Waals surface area contributed by atoms with Gasteiger partial charge in [-0.2, -0.15) is 5.26 Å². The molecule has 0 saturated heterocycles. The quantitative estimate of drug-likeness (QED) is 0.663. The Morgan fingerprint density at radius 3 is 1.96 bits per heavy atom. The molecule has 1 aromatic carbocycles. The van der Waals surface area contributed by atoms with Gasteiger partial charge >= 0.3 is 0 Å². The highest BCUT2D eigenvalue weighted by atomic mass is 79.9. The summed E-state index contributed by atoms with van der Waals surface area (Å²) in [4.78, 5) is 12.9. The van der Waals surface area contributed by atoms with Crippen molar-refractivity contribution in [1.29, 1.82) is 5.26 Å². The molecule has 0 saturated carbocycles. The van der Waals surface area contributed by atoms with Crippen LogP contribution in [0.25, 0.3) is 0 Å². The molecule has 138 valence electrons. The van der Waals surface area contributed by atoms with Crippen LogP contribution in [0.5, 0.6) is 17.2 Å². The van der Waals surface area contributed by atoms with Crippen LogP contribution in [0.1, 0.15) is 27.2 Å². The molecule has 0 unspecified atom stereocenters. The minimum Gasteiger partial charge on any atom is -0.492 e. The van der Waals surface area contributed by atoms with Crippen molar-refractivity contribution in [3.63, 3.8) is 0 Å². The van der Waals surface area contributed by atoms with E-state index in [4.69, 9.17) is 18.6 Å². The van der Waals surface area contributed by atoms with Gasteiger partial charge in [-0.25, -0.2) is 0 Å². The van der Waals surface area contributed by atoms with Crippen LogP contribution >= 0.6 is 31.9 Å². The van der Waals surface area contributed by atoms with Gasteiger partial charge in [0, 0.05) is 5.56 Å². The molecule has 26 heavy (non-hydrogen) atoms. The molecule has 1 amide bonds. The Morgan fingerprint density at radius 2 is 1.54 bits per heavy atom. The van der Waals surface area contributed by atoms with Crippen LogP contribution < -0.4 is 19.5 Å². The zero-order chi connectivity index (χ0) is 19.6. The summed E-state index contributed by atoms with van der Waals surface area (Å²) in [6, 6.07) is 2.03. The number of rotatable bonds is 5. The topological polar surface area (TPSA) is 93.7 Å². The first-order valence-electron chi connectivity index (χ1n) is 7.30. The molecule has 0 fully saturated rings. The van der Waals surface area contributed by atoms with Crippen molar-refractivity contribution in [2.45, 2.75) is 13.8 Å². The number of hydrogen-bond donors (Lipinski definition) is 1. The number of furan rings is 1. The molecule has 0 aliphatic rings. The Hall–Kier alpha value is -2.18. The van der Waals surface area contributed by atoms with E-state index in [1.165, 1.54) is 21.3 Å². The fourth-order valence-corrected chi connectivity index (χ4v) is 4.10. The second-order valence-corrected chi connectivity index (χ2v) is 6.74. The summed E-state index contributed by atoms with van der Waals surface area (Å²) in [5.74, 6) is 1.04. The molecule has 2 aromatic rings. The summed E-state index contributed by atoms with van der Waals surface area (Å²) in [6.45, 7) is 3.47. The van der Waals surface area contributed by atoms with Crippen LogP contribution in [-0.4, -0.2) is 27.2 Å². The summed E-state index contributed by atoms with van der Waals surface area (Å²) < 4.78 is 22.2. The van der Waals surface area contributed by atoms with Crippen molar-refractivity contribution < 1.29 is 23.4 Å². The average Bonchev–Trinajstić information content (AvgIpc) is 2.87. The van der Waals surface area contributed by atoms with Gasteiger partial charge in [0.2, 0.25) is 11.6 Å². The molecule has 9 heteroatoms. The molecule has 0 bridgehead atoms. The molecular weight excluding hydrogens is 472 g/mol. The third-order valence-corrected chi connectivity index (χ3v) is 5.33. The number of carbonyl (C=O) groups is 1. The Kier molecular flexibility index (Phi) is 6.21. The van der Waals surface area contributed by atoms with Gasteiger partial charge < -0.3 is 18.6 Å². The number of nitriles is 1. The van der Waals surface area contributed by atoms with Crippen molar-refractivity contribution in [3.05, 3.63) is 31.4 Å². The van der Waals surface area contributed by atoms with Crippen LogP contribution in [0, 0.1) is 25.2 Å². The standard InChI is InChI=1S/C17H16Br2N2O5/c1-7-8(2)26-17(9(7)6-20)21-16(22)10-11(18)13(23-3)15(25-5)14(24-4)12(10)19/h1-5H3,(H,21,22). The van der Waals surface area contributed by atoms with Crippen molar-refractivity contribution in [1.82, 2.24) is 0 Å². The summed E-state index contributed by atoms with van der Waals surface area (Å²) >= 11 is 6.74. The SMILES string of the molecule is COc1c(Br)c(C(=O)Nc2oc(C)c(C)c2C#N)c(Br)c(OC)c1OC. The maximum atomic E-state index is 12.9. The van der Waals surface area contributed by atoms with E-state index in [1.54, 1.807) is 13.8 Å². The predicted molar refractivity (Wildman–Crippen MR) is 102 cm³/mol. The molecule has 0 atom stereocenters. The van der Waals surface area contributed by atoms with Crippen LogP contribution in [0.3, 0.4) is 0 Å². The van der Waals surface area contributed by atoms with E-state index >= 15 is 0 Å². The molecule has 0 radical (unpaired) electrons. The van der Waals surface area contributed by atoms with Gasteiger partial charge in [-0.3, -0.25) is 10.1 Å². The van der Waals surface area contributed by atoms with Crippen LogP contribution in [0.4, 0.5) is 5.88 Å². The number of methoxy groups -OCH3 is 3. The third-order valence-electron chi connectivity index (χ3n) is 3.81. The second-order valence-electron chi connectivity index (χ2n) is 5.16. The Labute approximate surface area is 167 Å². The fourth-order valence-electron chi connectivity index (χ4n) is 2.39. The van der Waals surface area contributed by atoms with Gasteiger partial charge in [-0.15, -0.1) is 0 Å². The number of anilines is 1. The largest absolute Gasteiger partial charge is 0.492 e. The lowest BCUT2D eigenvalue weighted by Gasteiger charge is -2.18. The Bertz CT molecular complexity index is 884. The fraction of sp³-hybridized carbons (Fsp3) is 0.294. The van der Waals surface area contributed by atoms with E-state index in [-0.39, 0.29) is 17.0 Å². The molecular formula is C17H16Br2N2O5. The lowest BCUT2D eigenvalue weighted by molar-refractivity contribution is 0.102. The average molecular weight is 488 g/mol. The van der Waals surface area contributed by atoms with Crippen LogP contribution in [0.15, 0.2) is 13.4 Å². The maximum absolute atomic E-state index is 12.9. The first-order valence-corrected chi connectivity index (χ1v) is 8.89. The van der Waals surface area contributed by atoms with Crippen LogP contribution in [-0.2, 0) is 0 Å². The van der Waals surface area contributed by atoms with Gasteiger partial charge in [0.25, 0.3) is 5.91 Å². The minimum atomic E-state index is -0.520. The summed E-state index contributed by atoms with van der Waals surface area (Å²) in [5, 5.41) is 11.9. The first kappa shape index (κ1) is 20.1. The number of aryl methyl sites for hydroxylation is 1. The number of carbonyl (C=O) groups excluding carboxylic acids is 1. The Morgan fingerprint density at radius 1 is 1.04 bits per heavy atom. The lowest BCUT2D eigenvalue weighted by Crippen LogP contribution is -2.15. The van der Waals surface area contributed by atoms with E-state index in [9.17, 15) is 10.1 Å². The van der Waals surface area contributed by atoms with E-state index < -0.39 is 5.91 Å². The third kappa shape index (κ3) is 3.27. The van der Waals surface area contributed by atoms with Gasteiger partial charge in [-0.1, -0.05) is 0 Å². The van der Waals surface area contributed by atoms with E-state index in [2.05, 4.69) is 37.2 Å². The molecule has 1 aromatic heterocycles. The van der Waals surface area contributed by atoms with Gasteiger partial charge in [0.1, 0.15) is 17.4 Å². The van der Waals surface area contributed by atoms with Crippen molar-refractivity contribution in [3.8, 4) is 23.3 Å². The number of nitrogens with zero attached hydrogens (tertiary/aromatic N) is 1. The van der Waals surface area contributed by atoms with Gasteiger partial charge in [-0.05, 0) is 45.7 Å². The molecule has 0 spiro atoms. The zero-order valence-corrected chi connectivity index (χ0v) is 17.9. The molecule has 0 aliphatic heterocycles. The monoisotopic (exact) mass is 486 g/mol. The normalized spacial score (nSPS) is 10.2. The Balaban J connectivity index is 2.60.